The average Bonchev–Trinajstić information content (AvgIpc) is 2.50. The number of hydrogen-bond acceptors (Lipinski definition) is 2. The number of nitrogens with zero attached hydrogens (tertiary/aromatic N) is 1. The Morgan fingerprint density at radius 3 is 2.33 bits per heavy atom. The van der Waals surface area contributed by atoms with Crippen LogP contribution in [0.4, 0.5) is 0 Å². The van der Waals surface area contributed by atoms with Crippen LogP contribution in [0.25, 0.3) is 0 Å². The molecule has 0 aliphatic rings. The third-order valence-corrected chi connectivity index (χ3v) is 3.81. The summed E-state index contributed by atoms with van der Waals surface area (Å²) >= 11 is 0. The number of hydrogen-bond donors (Lipinski definition) is 1. The lowest BCUT2D eigenvalue weighted by atomic mass is 10.1. The van der Waals surface area contributed by atoms with Crippen LogP contribution in [0.5, 0.6) is 0 Å². The molecule has 0 bridgehead atoms. The molecule has 0 unspecified atom stereocenters. The van der Waals surface area contributed by atoms with Gasteiger partial charge in [0.2, 0.25) is 0 Å². The van der Waals surface area contributed by atoms with Crippen LogP contribution >= 0.6 is 0 Å². The highest BCUT2D eigenvalue weighted by atomic mass is 16.3. The minimum absolute atomic E-state index is 0.429. The Morgan fingerprint density at radius 1 is 1.00 bits per heavy atom. The summed E-state index contributed by atoms with van der Waals surface area (Å²) in [7, 11) is 0. The van der Waals surface area contributed by atoms with Crippen LogP contribution < -0.4 is 0 Å². The standard InChI is InChI=1S/C19H25NO/c1-3-13-20(14-18-12-8-7-9-16(18)2)15-19(21)17-10-5-4-6-11-17/h4-12,19,21H,3,13-15H2,1-2H3/t19-/m0/s1. The SMILES string of the molecule is CCCN(Cc1ccccc1C)C[C@H](O)c1ccccc1. The molecule has 0 aliphatic heterocycles. The molecule has 112 valence electrons. The highest BCUT2D eigenvalue weighted by Gasteiger charge is 2.13. The monoisotopic (exact) mass is 283 g/mol. The maximum atomic E-state index is 10.4. The Morgan fingerprint density at radius 2 is 1.67 bits per heavy atom. The average molecular weight is 283 g/mol. The molecule has 0 saturated heterocycles. The summed E-state index contributed by atoms with van der Waals surface area (Å²) < 4.78 is 0. The zero-order valence-corrected chi connectivity index (χ0v) is 13.0. The van der Waals surface area contributed by atoms with Gasteiger partial charge in [0, 0.05) is 13.1 Å². The Balaban J connectivity index is 2.04. The summed E-state index contributed by atoms with van der Waals surface area (Å²) in [5.41, 5.74) is 3.64. The van der Waals surface area contributed by atoms with Crippen LogP contribution in [-0.4, -0.2) is 23.1 Å². The van der Waals surface area contributed by atoms with Gasteiger partial charge in [0.15, 0.2) is 0 Å². The van der Waals surface area contributed by atoms with Gasteiger partial charge in [-0.15, -0.1) is 0 Å². The molecule has 21 heavy (non-hydrogen) atoms. The van der Waals surface area contributed by atoms with Crippen molar-refractivity contribution in [3.05, 3.63) is 71.3 Å². The lowest BCUT2D eigenvalue weighted by Crippen LogP contribution is -2.29. The van der Waals surface area contributed by atoms with Gasteiger partial charge in [0.1, 0.15) is 0 Å². The Kier molecular flexibility index (Phi) is 5.97. The fourth-order valence-electron chi connectivity index (χ4n) is 2.60. The van der Waals surface area contributed by atoms with Gasteiger partial charge in [-0.2, -0.15) is 0 Å². The van der Waals surface area contributed by atoms with E-state index in [0.29, 0.717) is 6.54 Å². The number of rotatable bonds is 7. The molecule has 2 aromatic carbocycles. The van der Waals surface area contributed by atoms with Gasteiger partial charge in [-0.05, 0) is 36.6 Å². The summed E-state index contributed by atoms with van der Waals surface area (Å²) in [6, 6.07) is 18.4. The summed E-state index contributed by atoms with van der Waals surface area (Å²) in [4.78, 5) is 2.33. The van der Waals surface area contributed by atoms with E-state index in [0.717, 1.165) is 25.1 Å². The third-order valence-electron chi connectivity index (χ3n) is 3.81. The lowest BCUT2D eigenvalue weighted by Gasteiger charge is -2.25. The summed E-state index contributed by atoms with van der Waals surface area (Å²) in [5, 5.41) is 10.4. The largest absolute Gasteiger partial charge is 0.387 e. The van der Waals surface area contributed by atoms with E-state index in [4.69, 9.17) is 0 Å². The van der Waals surface area contributed by atoms with E-state index < -0.39 is 6.10 Å². The highest BCUT2D eigenvalue weighted by Crippen LogP contribution is 2.17. The van der Waals surface area contributed by atoms with Crippen molar-refractivity contribution in [2.45, 2.75) is 32.9 Å². The van der Waals surface area contributed by atoms with E-state index in [1.54, 1.807) is 0 Å². The first-order valence-electron chi connectivity index (χ1n) is 7.70. The molecule has 1 atom stereocenters. The second-order valence-corrected chi connectivity index (χ2v) is 5.59. The first-order valence-corrected chi connectivity index (χ1v) is 7.70. The molecule has 2 aromatic rings. The van der Waals surface area contributed by atoms with Crippen molar-refractivity contribution in [2.75, 3.05) is 13.1 Å². The van der Waals surface area contributed by atoms with Gasteiger partial charge in [-0.1, -0.05) is 61.5 Å². The van der Waals surface area contributed by atoms with E-state index >= 15 is 0 Å². The van der Waals surface area contributed by atoms with Gasteiger partial charge in [0.25, 0.3) is 0 Å². The van der Waals surface area contributed by atoms with Gasteiger partial charge in [0.05, 0.1) is 6.10 Å². The first-order chi connectivity index (χ1) is 10.2. The normalized spacial score (nSPS) is 12.6. The van der Waals surface area contributed by atoms with Crippen LogP contribution in [0.1, 0.15) is 36.1 Å². The topological polar surface area (TPSA) is 23.5 Å². The maximum Gasteiger partial charge on any atom is 0.0917 e. The molecule has 2 nitrogen and oxygen atoms in total. The molecule has 0 aromatic heterocycles. The zero-order chi connectivity index (χ0) is 15.1. The van der Waals surface area contributed by atoms with E-state index in [9.17, 15) is 5.11 Å². The van der Waals surface area contributed by atoms with E-state index in [1.165, 1.54) is 11.1 Å². The molecule has 0 amide bonds. The van der Waals surface area contributed by atoms with Crippen LogP contribution in [0.15, 0.2) is 54.6 Å². The van der Waals surface area contributed by atoms with E-state index in [1.807, 2.05) is 30.3 Å². The van der Waals surface area contributed by atoms with Crippen molar-refractivity contribution in [3.63, 3.8) is 0 Å². The van der Waals surface area contributed by atoms with Crippen molar-refractivity contribution >= 4 is 0 Å². The molecule has 0 spiro atoms. The Labute approximate surface area is 128 Å². The fourth-order valence-corrected chi connectivity index (χ4v) is 2.60. The molecule has 1 N–H and O–H groups in total. The number of aliphatic hydroxyl groups excluding tert-OH is 1. The van der Waals surface area contributed by atoms with Crippen LogP contribution in [-0.2, 0) is 6.54 Å². The van der Waals surface area contributed by atoms with E-state index in [2.05, 4.69) is 43.0 Å². The molecule has 0 radical (unpaired) electrons. The fraction of sp³-hybridized carbons (Fsp3) is 0.368. The minimum Gasteiger partial charge on any atom is -0.387 e. The molecule has 2 heteroatoms. The predicted molar refractivity (Wildman–Crippen MR) is 88.1 cm³/mol. The van der Waals surface area contributed by atoms with Crippen molar-refractivity contribution in [1.29, 1.82) is 0 Å². The third kappa shape index (κ3) is 4.69. The second kappa shape index (κ2) is 7.96. The molecular formula is C19H25NO. The molecule has 0 fully saturated rings. The quantitative estimate of drug-likeness (QED) is 0.832. The predicted octanol–water partition coefficient (Wildman–Crippen LogP) is 3.94. The summed E-state index contributed by atoms with van der Waals surface area (Å²) in [6.07, 6.45) is 0.662. The number of aliphatic hydroxyl groups is 1. The minimum atomic E-state index is -0.429. The van der Waals surface area contributed by atoms with E-state index in [-0.39, 0.29) is 0 Å². The smallest absolute Gasteiger partial charge is 0.0917 e. The zero-order valence-electron chi connectivity index (χ0n) is 13.0. The number of aryl methyl sites for hydroxylation is 1. The summed E-state index contributed by atoms with van der Waals surface area (Å²) in [5.74, 6) is 0. The molecule has 0 heterocycles. The Hall–Kier alpha value is -1.64. The molecule has 0 aliphatic carbocycles. The van der Waals surface area contributed by atoms with Crippen molar-refractivity contribution in [1.82, 2.24) is 4.90 Å². The van der Waals surface area contributed by atoms with Gasteiger partial charge < -0.3 is 5.11 Å². The lowest BCUT2D eigenvalue weighted by molar-refractivity contribution is 0.109. The van der Waals surface area contributed by atoms with Crippen molar-refractivity contribution in [2.24, 2.45) is 0 Å². The second-order valence-electron chi connectivity index (χ2n) is 5.59. The first kappa shape index (κ1) is 15.7. The highest BCUT2D eigenvalue weighted by molar-refractivity contribution is 5.25. The van der Waals surface area contributed by atoms with Gasteiger partial charge in [-0.25, -0.2) is 0 Å². The number of benzene rings is 2. The van der Waals surface area contributed by atoms with Gasteiger partial charge in [-0.3, -0.25) is 4.90 Å². The molecular weight excluding hydrogens is 258 g/mol. The van der Waals surface area contributed by atoms with Crippen LogP contribution in [0.3, 0.4) is 0 Å². The van der Waals surface area contributed by atoms with Crippen molar-refractivity contribution < 1.29 is 5.11 Å². The maximum absolute atomic E-state index is 10.4. The molecule has 2 rings (SSSR count). The van der Waals surface area contributed by atoms with Gasteiger partial charge >= 0.3 is 0 Å². The van der Waals surface area contributed by atoms with Crippen molar-refractivity contribution in [3.8, 4) is 0 Å². The Bertz CT molecular complexity index is 538. The van der Waals surface area contributed by atoms with Crippen LogP contribution in [0.2, 0.25) is 0 Å². The summed E-state index contributed by atoms with van der Waals surface area (Å²) in [6.45, 7) is 6.89. The molecule has 0 saturated carbocycles. The van der Waals surface area contributed by atoms with Crippen LogP contribution in [0, 0.1) is 6.92 Å².